The number of esters is 4. The van der Waals surface area contributed by atoms with Crippen molar-refractivity contribution < 1.29 is 80.2 Å². The minimum atomic E-state index is -4.96. The molecule has 5 atom stereocenters. The molecule has 612 valence electrons. The maximum Gasteiger partial charge on any atom is 0.472 e. The van der Waals surface area contributed by atoms with E-state index in [-0.39, 0.29) is 25.7 Å². The van der Waals surface area contributed by atoms with E-state index in [2.05, 4.69) is 48.5 Å². The third-order valence-corrected chi connectivity index (χ3v) is 21.5. The van der Waals surface area contributed by atoms with Crippen LogP contribution in [0, 0.1) is 17.8 Å². The summed E-state index contributed by atoms with van der Waals surface area (Å²) >= 11 is 0. The molecule has 0 saturated heterocycles. The third kappa shape index (κ3) is 78.0. The smallest absolute Gasteiger partial charge is 0.462 e. The van der Waals surface area contributed by atoms with Crippen molar-refractivity contribution in [3.05, 3.63) is 0 Å². The van der Waals surface area contributed by atoms with Crippen LogP contribution in [0.4, 0.5) is 0 Å². The molecular weight excluding hydrogens is 1340 g/mol. The van der Waals surface area contributed by atoms with Crippen molar-refractivity contribution in [2.45, 2.75) is 458 Å². The van der Waals surface area contributed by atoms with Gasteiger partial charge >= 0.3 is 39.5 Å². The SMILES string of the molecule is CCCCCCCCCCCCCCCCCCCCCCCC(=O)O[C@H](COC(=O)CCCCCCCCCCCCCCCC(C)C)COP(=O)(O)OC[C@@H](O)COP(=O)(O)OC[C@@H](COC(=O)CCCCCCCCCCC(C)C)OC(=O)CCCCCCCCCCCCCCC(C)C. The summed E-state index contributed by atoms with van der Waals surface area (Å²) in [6.45, 7) is 12.0. The normalized spacial score (nSPS) is 13.9. The molecule has 0 radical (unpaired) electrons. The van der Waals surface area contributed by atoms with Crippen molar-refractivity contribution in [1.29, 1.82) is 0 Å². The predicted molar refractivity (Wildman–Crippen MR) is 423 cm³/mol. The Labute approximate surface area is 632 Å². The topological polar surface area (TPSA) is 237 Å². The average molecular weight is 1510 g/mol. The molecule has 103 heavy (non-hydrogen) atoms. The zero-order valence-electron chi connectivity index (χ0n) is 67.8. The van der Waals surface area contributed by atoms with Gasteiger partial charge in [-0.2, -0.15) is 0 Å². The van der Waals surface area contributed by atoms with E-state index >= 15 is 0 Å². The first-order chi connectivity index (χ1) is 49.7. The van der Waals surface area contributed by atoms with Crippen molar-refractivity contribution in [2.75, 3.05) is 39.6 Å². The van der Waals surface area contributed by atoms with E-state index in [1.165, 1.54) is 250 Å². The van der Waals surface area contributed by atoms with Gasteiger partial charge in [0.25, 0.3) is 0 Å². The molecule has 0 aromatic carbocycles. The van der Waals surface area contributed by atoms with E-state index in [1.807, 2.05) is 0 Å². The van der Waals surface area contributed by atoms with Crippen LogP contribution in [0.1, 0.15) is 440 Å². The van der Waals surface area contributed by atoms with Crippen LogP contribution in [0.2, 0.25) is 0 Å². The van der Waals surface area contributed by atoms with E-state index < -0.39 is 97.5 Å². The van der Waals surface area contributed by atoms with Gasteiger partial charge < -0.3 is 33.8 Å². The lowest BCUT2D eigenvalue weighted by Gasteiger charge is -2.21. The Morgan fingerprint density at radius 2 is 0.447 bits per heavy atom. The lowest BCUT2D eigenvalue weighted by atomic mass is 10.0. The van der Waals surface area contributed by atoms with Crippen molar-refractivity contribution in [2.24, 2.45) is 17.8 Å². The Balaban J connectivity index is 5.24. The van der Waals surface area contributed by atoms with Gasteiger partial charge in [-0.15, -0.1) is 0 Å². The first-order valence-corrected chi connectivity index (χ1v) is 46.3. The Morgan fingerprint density at radius 1 is 0.262 bits per heavy atom. The molecule has 0 spiro atoms. The van der Waals surface area contributed by atoms with Gasteiger partial charge in [-0.3, -0.25) is 37.3 Å². The van der Waals surface area contributed by atoms with Crippen molar-refractivity contribution in [1.82, 2.24) is 0 Å². The van der Waals surface area contributed by atoms with Gasteiger partial charge in [0, 0.05) is 25.7 Å². The summed E-state index contributed by atoms with van der Waals surface area (Å²) in [5.74, 6) is 0.186. The van der Waals surface area contributed by atoms with E-state index in [0.29, 0.717) is 25.7 Å². The fraction of sp³-hybridized carbons (Fsp3) is 0.952. The summed E-state index contributed by atoms with van der Waals surface area (Å²) in [4.78, 5) is 73.1. The molecule has 3 N–H and O–H groups in total. The van der Waals surface area contributed by atoms with Gasteiger partial charge in [-0.05, 0) is 43.4 Å². The number of hydrogen-bond donors (Lipinski definition) is 3. The second-order valence-electron chi connectivity index (χ2n) is 31.6. The first-order valence-electron chi connectivity index (χ1n) is 43.3. The maximum absolute atomic E-state index is 13.1. The van der Waals surface area contributed by atoms with Crippen LogP contribution in [-0.4, -0.2) is 96.7 Å². The van der Waals surface area contributed by atoms with E-state index in [0.717, 1.165) is 108 Å². The molecule has 0 aliphatic carbocycles. The molecule has 0 aliphatic heterocycles. The van der Waals surface area contributed by atoms with Crippen molar-refractivity contribution >= 4 is 39.5 Å². The molecule has 2 unspecified atom stereocenters. The Kier molecular flexibility index (Phi) is 72.8. The molecule has 0 aromatic rings. The summed E-state index contributed by atoms with van der Waals surface area (Å²) in [7, 11) is -9.93. The maximum atomic E-state index is 13.1. The zero-order valence-corrected chi connectivity index (χ0v) is 69.6. The van der Waals surface area contributed by atoms with Gasteiger partial charge in [-0.1, -0.05) is 389 Å². The number of aliphatic hydroxyl groups is 1. The highest BCUT2D eigenvalue weighted by Gasteiger charge is 2.30. The molecule has 0 aliphatic rings. The number of phosphoric acid groups is 2. The van der Waals surface area contributed by atoms with Crippen LogP contribution in [0.15, 0.2) is 0 Å². The second-order valence-corrected chi connectivity index (χ2v) is 34.6. The van der Waals surface area contributed by atoms with Crippen LogP contribution >= 0.6 is 15.6 Å². The summed E-state index contributed by atoms with van der Waals surface area (Å²) in [5, 5.41) is 10.7. The Bertz CT molecular complexity index is 1990. The summed E-state index contributed by atoms with van der Waals surface area (Å²) in [5.41, 5.74) is 0. The minimum Gasteiger partial charge on any atom is -0.462 e. The van der Waals surface area contributed by atoms with Crippen molar-refractivity contribution in [3.63, 3.8) is 0 Å². The van der Waals surface area contributed by atoms with Gasteiger partial charge in [0.15, 0.2) is 12.2 Å². The van der Waals surface area contributed by atoms with Gasteiger partial charge in [0.05, 0.1) is 26.4 Å². The largest absolute Gasteiger partial charge is 0.472 e. The van der Waals surface area contributed by atoms with E-state index in [4.69, 9.17) is 37.0 Å². The fourth-order valence-corrected chi connectivity index (χ4v) is 14.6. The molecule has 0 amide bonds. The molecular formula is C84H164O17P2. The molecule has 19 heteroatoms. The number of rotatable bonds is 82. The third-order valence-electron chi connectivity index (χ3n) is 19.6. The second kappa shape index (κ2) is 74.2. The quantitative estimate of drug-likeness (QED) is 0.0222. The average Bonchev–Trinajstić information content (AvgIpc) is 0.914. The Hall–Kier alpha value is -1.94. The fourth-order valence-electron chi connectivity index (χ4n) is 13.0. The van der Waals surface area contributed by atoms with Crippen LogP contribution in [0.3, 0.4) is 0 Å². The predicted octanol–water partition coefficient (Wildman–Crippen LogP) is 25.3. The Morgan fingerprint density at radius 3 is 0.660 bits per heavy atom. The summed E-state index contributed by atoms with van der Waals surface area (Å²) in [6, 6.07) is 0. The van der Waals surface area contributed by atoms with Gasteiger partial charge in [0.2, 0.25) is 0 Å². The molecule has 0 rings (SSSR count). The first kappa shape index (κ1) is 101. The van der Waals surface area contributed by atoms with Crippen molar-refractivity contribution in [3.8, 4) is 0 Å². The zero-order chi connectivity index (χ0) is 75.8. The highest BCUT2D eigenvalue weighted by Crippen LogP contribution is 2.45. The van der Waals surface area contributed by atoms with Crippen LogP contribution in [0.25, 0.3) is 0 Å². The van der Waals surface area contributed by atoms with Crippen LogP contribution in [-0.2, 0) is 65.4 Å². The summed E-state index contributed by atoms with van der Waals surface area (Å²) < 4.78 is 68.8. The number of aliphatic hydroxyl groups excluding tert-OH is 1. The highest BCUT2D eigenvalue weighted by molar-refractivity contribution is 7.47. The van der Waals surface area contributed by atoms with Gasteiger partial charge in [0.1, 0.15) is 19.3 Å². The number of unbranched alkanes of at least 4 members (excludes halogenated alkanes) is 50. The minimum absolute atomic E-state index is 0.106. The van der Waals surface area contributed by atoms with Crippen LogP contribution in [0.5, 0.6) is 0 Å². The van der Waals surface area contributed by atoms with E-state index in [1.54, 1.807) is 0 Å². The molecule has 0 heterocycles. The molecule has 17 nitrogen and oxygen atoms in total. The lowest BCUT2D eigenvalue weighted by Crippen LogP contribution is -2.30. The van der Waals surface area contributed by atoms with Gasteiger partial charge in [-0.25, -0.2) is 9.13 Å². The number of carbonyl (C=O) groups is 4. The molecule has 0 aromatic heterocycles. The monoisotopic (exact) mass is 1510 g/mol. The highest BCUT2D eigenvalue weighted by atomic mass is 31.2. The standard InChI is InChI=1S/C84H164O17P2/c1-8-9-10-11-12-13-14-15-16-17-18-19-20-21-22-25-32-37-46-53-60-67-83(88)100-79(71-94-81(86)65-58-51-44-36-31-26-23-24-29-34-41-48-55-62-75(2)3)73-98-102(90,91)96-69-78(85)70-97-103(92,93)99-74-80(72-95-82(87)66-59-52-45-40-39-43-50-57-64-77(6)7)101-84(89)68-61-54-47-38-33-28-27-30-35-42-49-56-63-76(4)5/h75-80,85H,8-74H2,1-7H3,(H,90,91)(H,92,93)/t78-,79-,80-/m1/s1. The number of ether oxygens (including phenoxy) is 4. The number of hydrogen-bond acceptors (Lipinski definition) is 15. The molecule has 0 bridgehead atoms. The van der Waals surface area contributed by atoms with Crippen LogP contribution < -0.4 is 0 Å². The number of phosphoric ester groups is 2. The number of carbonyl (C=O) groups excluding carboxylic acids is 4. The van der Waals surface area contributed by atoms with E-state index in [9.17, 15) is 43.2 Å². The lowest BCUT2D eigenvalue weighted by molar-refractivity contribution is -0.161. The molecule has 0 fully saturated rings. The summed E-state index contributed by atoms with van der Waals surface area (Å²) in [6.07, 6.45) is 63.9. The molecule has 0 saturated carbocycles.